The summed E-state index contributed by atoms with van der Waals surface area (Å²) in [6.07, 6.45) is 0. The number of amides is 1. The number of rotatable bonds is 6. The Balaban J connectivity index is 1.67. The number of carbonyl (C=O) groups excluding carboxylic acids is 1. The first-order chi connectivity index (χ1) is 13.0. The fourth-order valence-corrected chi connectivity index (χ4v) is 2.85. The smallest absolute Gasteiger partial charge is 0.246 e. The van der Waals surface area contributed by atoms with E-state index in [4.69, 9.17) is 0 Å². The molecule has 1 aromatic heterocycles. The molecule has 0 aliphatic carbocycles. The third-order valence-corrected chi connectivity index (χ3v) is 4.82. The molecule has 0 aliphatic heterocycles. The zero-order valence-corrected chi connectivity index (χ0v) is 16.2. The van der Waals surface area contributed by atoms with Crippen LogP contribution in [0.2, 0.25) is 0 Å². The summed E-state index contributed by atoms with van der Waals surface area (Å²) in [6.45, 7) is 6.37. The minimum atomic E-state index is -0.0644. The summed E-state index contributed by atoms with van der Waals surface area (Å²) in [5.74, 6) is 0.935. The molecule has 0 radical (unpaired) electrons. The van der Waals surface area contributed by atoms with Crippen molar-refractivity contribution in [3.8, 4) is 11.4 Å². The Morgan fingerprint density at radius 1 is 1.00 bits per heavy atom. The normalized spacial score (nSPS) is 12.2. The number of benzene rings is 2. The molecule has 3 aromatic rings. The number of aromatic nitrogens is 4. The Bertz CT molecular complexity index is 886. The van der Waals surface area contributed by atoms with Gasteiger partial charge in [0.1, 0.15) is 6.54 Å². The Morgan fingerprint density at radius 3 is 2.30 bits per heavy atom. The predicted octanol–water partition coefficient (Wildman–Crippen LogP) is 3.68. The fraction of sp³-hybridized carbons (Fsp3) is 0.333. The number of nitrogens with zero attached hydrogens (tertiary/aromatic N) is 5. The molecule has 0 unspecified atom stereocenters. The van der Waals surface area contributed by atoms with E-state index in [1.165, 1.54) is 10.4 Å². The molecule has 0 saturated carbocycles. The van der Waals surface area contributed by atoms with Crippen LogP contribution in [0.3, 0.4) is 0 Å². The largest absolute Gasteiger partial charge is 0.337 e. The quantitative estimate of drug-likeness (QED) is 0.670. The van der Waals surface area contributed by atoms with E-state index in [9.17, 15) is 4.79 Å². The molecule has 0 N–H and O–H groups in total. The maximum atomic E-state index is 12.6. The minimum absolute atomic E-state index is 0.0229. The number of likely N-dealkylation sites (N-methyl/N-ethyl adjacent to an activating group) is 1. The van der Waals surface area contributed by atoms with Crippen LogP contribution in [0.5, 0.6) is 0 Å². The third-order valence-electron chi connectivity index (χ3n) is 4.82. The lowest BCUT2D eigenvalue weighted by Crippen LogP contribution is -2.33. The van der Waals surface area contributed by atoms with E-state index in [1.54, 1.807) is 11.9 Å². The molecular weight excluding hydrogens is 338 g/mol. The average molecular weight is 363 g/mol. The van der Waals surface area contributed by atoms with Crippen LogP contribution in [-0.4, -0.2) is 38.1 Å². The third kappa shape index (κ3) is 4.39. The molecule has 0 bridgehead atoms. The van der Waals surface area contributed by atoms with Crippen LogP contribution in [0.15, 0.2) is 54.6 Å². The molecule has 140 valence electrons. The lowest BCUT2D eigenvalue weighted by molar-refractivity contribution is -0.132. The van der Waals surface area contributed by atoms with Crippen LogP contribution >= 0.6 is 0 Å². The maximum absolute atomic E-state index is 12.6. The van der Waals surface area contributed by atoms with Crippen LogP contribution in [0.25, 0.3) is 11.4 Å². The Kier molecular flexibility index (Phi) is 5.64. The van der Waals surface area contributed by atoms with Crippen molar-refractivity contribution in [3.05, 3.63) is 65.7 Å². The van der Waals surface area contributed by atoms with Crippen molar-refractivity contribution >= 4 is 5.91 Å². The van der Waals surface area contributed by atoms with Crippen LogP contribution in [0, 0.1) is 0 Å². The standard InChI is InChI=1S/C21H25N5O/c1-15(2)17-10-12-19(13-11-17)21-22-24-26(23-21)14-20(27)25(4)16(3)18-8-6-5-7-9-18/h5-13,15-16H,14H2,1-4H3/t16-/m0/s1. The van der Waals surface area contributed by atoms with Gasteiger partial charge in [0, 0.05) is 12.6 Å². The van der Waals surface area contributed by atoms with Crippen molar-refractivity contribution < 1.29 is 4.79 Å². The summed E-state index contributed by atoms with van der Waals surface area (Å²) in [5.41, 5.74) is 3.24. The van der Waals surface area contributed by atoms with Gasteiger partial charge in [0.15, 0.2) is 0 Å². The summed E-state index contributed by atoms with van der Waals surface area (Å²) in [6, 6.07) is 18.0. The molecule has 0 saturated heterocycles. The van der Waals surface area contributed by atoms with E-state index < -0.39 is 0 Å². The maximum Gasteiger partial charge on any atom is 0.246 e. The topological polar surface area (TPSA) is 63.9 Å². The van der Waals surface area contributed by atoms with Gasteiger partial charge in [-0.15, -0.1) is 10.2 Å². The highest BCUT2D eigenvalue weighted by Crippen LogP contribution is 2.20. The van der Waals surface area contributed by atoms with Crippen molar-refractivity contribution in [2.45, 2.75) is 39.3 Å². The molecule has 6 nitrogen and oxygen atoms in total. The van der Waals surface area contributed by atoms with Gasteiger partial charge in [-0.3, -0.25) is 4.79 Å². The summed E-state index contributed by atoms with van der Waals surface area (Å²) < 4.78 is 0. The first-order valence-electron chi connectivity index (χ1n) is 9.14. The van der Waals surface area contributed by atoms with Gasteiger partial charge >= 0.3 is 0 Å². The highest BCUT2D eigenvalue weighted by molar-refractivity contribution is 5.76. The van der Waals surface area contributed by atoms with Gasteiger partial charge in [-0.25, -0.2) is 0 Å². The summed E-state index contributed by atoms with van der Waals surface area (Å²) in [7, 11) is 1.79. The van der Waals surface area contributed by atoms with Gasteiger partial charge in [0.2, 0.25) is 11.7 Å². The van der Waals surface area contributed by atoms with E-state index in [2.05, 4.69) is 41.4 Å². The molecule has 0 aliphatic rings. The first kappa shape index (κ1) is 18.8. The van der Waals surface area contributed by atoms with Gasteiger partial charge in [-0.1, -0.05) is 68.4 Å². The number of hydrogen-bond donors (Lipinski definition) is 0. The van der Waals surface area contributed by atoms with E-state index in [0.717, 1.165) is 11.1 Å². The van der Waals surface area contributed by atoms with Crippen LogP contribution in [0.4, 0.5) is 0 Å². The summed E-state index contributed by atoms with van der Waals surface area (Å²) >= 11 is 0. The molecule has 1 heterocycles. The molecule has 2 aromatic carbocycles. The summed E-state index contributed by atoms with van der Waals surface area (Å²) in [4.78, 5) is 15.6. The lowest BCUT2D eigenvalue weighted by Gasteiger charge is -2.25. The van der Waals surface area contributed by atoms with Gasteiger partial charge in [-0.05, 0) is 29.2 Å². The van der Waals surface area contributed by atoms with Gasteiger partial charge < -0.3 is 4.90 Å². The predicted molar refractivity (Wildman–Crippen MR) is 105 cm³/mol. The van der Waals surface area contributed by atoms with Crippen molar-refractivity contribution in [1.29, 1.82) is 0 Å². The van der Waals surface area contributed by atoms with E-state index >= 15 is 0 Å². The van der Waals surface area contributed by atoms with Gasteiger partial charge in [0.25, 0.3) is 0 Å². The number of hydrogen-bond acceptors (Lipinski definition) is 4. The SMILES string of the molecule is CC(C)c1ccc(-c2nnn(CC(=O)N(C)[C@@H](C)c3ccccc3)n2)cc1. The highest BCUT2D eigenvalue weighted by atomic mass is 16.2. The van der Waals surface area contributed by atoms with Crippen molar-refractivity contribution in [2.24, 2.45) is 0 Å². The van der Waals surface area contributed by atoms with Crippen LogP contribution in [0.1, 0.15) is 43.9 Å². The summed E-state index contributed by atoms with van der Waals surface area (Å²) in [5, 5.41) is 12.5. The molecule has 3 rings (SSSR count). The zero-order valence-electron chi connectivity index (χ0n) is 16.2. The van der Waals surface area contributed by atoms with Crippen molar-refractivity contribution in [3.63, 3.8) is 0 Å². The second kappa shape index (κ2) is 8.12. The molecule has 27 heavy (non-hydrogen) atoms. The zero-order chi connectivity index (χ0) is 19.4. The minimum Gasteiger partial charge on any atom is -0.337 e. The number of tetrazole rings is 1. The second-order valence-electron chi connectivity index (χ2n) is 7.01. The monoisotopic (exact) mass is 363 g/mol. The van der Waals surface area contributed by atoms with Crippen molar-refractivity contribution in [1.82, 2.24) is 25.1 Å². The average Bonchev–Trinajstić information content (AvgIpc) is 3.16. The van der Waals surface area contributed by atoms with Crippen LogP contribution < -0.4 is 0 Å². The number of carbonyl (C=O) groups is 1. The van der Waals surface area contributed by atoms with E-state index in [1.807, 2.05) is 49.4 Å². The molecular formula is C21H25N5O. The molecule has 0 spiro atoms. The van der Waals surface area contributed by atoms with Gasteiger partial charge in [-0.2, -0.15) is 4.80 Å². The Labute approximate surface area is 159 Å². The van der Waals surface area contributed by atoms with Crippen LogP contribution in [-0.2, 0) is 11.3 Å². The molecule has 6 heteroatoms. The van der Waals surface area contributed by atoms with Crippen molar-refractivity contribution in [2.75, 3.05) is 7.05 Å². The fourth-order valence-electron chi connectivity index (χ4n) is 2.85. The van der Waals surface area contributed by atoms with E-state index in [-0.39, 0.29) is 18.5 Å². The second-order valence-corrected chi connectivity index (χ2v) is 7.01. The van der Waals surface area contributed by atoms with Gasteiger partial charge in [0.05, 0.1) is 6.04 Å². The first-order valence-corrected chi connectivity index (χ1v) is 9.14. The Hall–Kier alpha value is -3.02. The molecule has 0 fully saturated rings. The lowest BCUT2D eigenvalue weighted by atomic mass is 10.0. The molecule has 1 amide bonds. The molecule has 1 atom stereocenters. The Morgan fingerprint density at radius 2 is 1.67 bits per heavy atom. The van der Waals surface area contributed by atoms with E-state index in [0.29, 0.717) is 11.7 Å². The highest BCUT2D eigenvalue weighted by Gasteiger charge is 2.19.